The van der Waals surface area contributed by atoms with Crippen LogP contribution in [-0.2, 0) is 10.8 Å². The minimum absolute atomic E-state index is 0.461. The summed E-state index contributed by atoms with van der Waals surface area (Å²) in [5, 5.41) is 8.80. The third-order valence-electron chi connectivity index (χ3n) is 20.7. The van der Waals surface area contributed by atoms with E-state index in [4.69, 9.17) is 14.4 Å². The summed E-state index contributed by atoms with van der Waals surface area (Å²) in [4.78, 5) is 13.9. The van der Waals surface area contributed by atoms with Crippen molar-refractivity contribution in [1.82, 2.24) is 20.2 Å². The second kappa shape index (κ2) is 20.9. The number of aromatic nitrogens is 4. The Bertz CT molecular complexity index is 5710. The number of anilines is 3. The normalized spacial score (nSPS) is 13.4. The number of hydrogen-bond donors (Lipinski definition) is 0. The third-order valence-corrected chi connectivity index (χ3v) is 20.7. The highest BCUT2D eigenvalue weighted by molar-refractivity contribution is 6.02. The molecule has 446 valence electrons. The average molecular weight is 1220 g/mol. The van der Waals surface area contributed by atoms with Crippen LogP contribution in [0.4, 0.5) is 17.1 Å². The van der Waals surface area contributed by atoms with E-state index in [2.05, 4.69) is 300 Å². The Morgan fingerprint density at radius 1 is 0.219 bits per heavy atom. The first kappa shape index (κ1) is 54.0. The molecule has 20 rings (SSSR count). The summed E-state index contributed by atoms with van der Waals surface area (Å²) in [6, 6.07) is 121. The lowest BCUT2D eigenvalue weighted by atomic mass is 9.70. The highest BCUT2D eigenvalue weighted by Gasteiger charge is 2.53. The molecule has 16 aromatic rings. The van der Waals surface area contributed by atoms with Gasteiger partial charge in [0, 0.05) is 39.3 Å². The standard InChI is InChI=1S/C90H55N5O/c1-4-22-56(23-5-1)85-86(57-40-46-63(47-41-57)95(62-26-8-3-9-27-62)64-48-42-59(43-49-64)88-94-93-87(96-88)58-24-6-2-7-25-58)92-84-55-74(61-45-51-72-70-33-15-21-39-80(70)90(82(72)53-61)77-36-18-12-30-67(77)68-31-13-19-37-78(68)90)73(54-83(84)91-85)60-44-50-71-69-32-14-20-38-79(69)89(81(71)52-60)75-34-16-10-28-65(75)66-29-11-17-35-76(66)89/h1-55H. The summed E-state index contributed by atoms with van der Waals surface area (Å²) in [7, 11) is 0. The van der Waals surface area contributed by atoms with Gasteiger partial charge < -0.3 is 9.32 Å². The summed E-state index contributed by atoms with van der Waals surface area (Å²) in [6.07, 6.45) is 0. The maximum Gasteiger partial charge on any atom is 0.248 e. The SMILES string of the molecule is c1ccc(-c2nnc(-c3ccc(N(c4ccccc4)c4ccc(-c5nc6cc(-c7ccc8c(c7)C7(c9ccccc9-c9ccccc97)c7ccccc7-8)c(-c7ccc8c(c7)C7(c9ccccc9-c9ccccc97)c7ccccc7-8)cc6nc5-c5ccccc5)cc4)cc3)o2)cc1. The number of benzene rings is 14. The average Bonchev–Trinajstić information content (AvgIpc) is 1.52. The highest BCUT2D eigenvalue weighted by atomic mass is 16.4. The van der Waals surface area contributed by atoms with Crippen LogP contribution in [0.5, 0.6) is 0 Å². The molecule has 0 amide bonds. The minimum Gasteiger partial charge on any atom is -0.416 e. The molecule has 4 aliphatic rings. The smallest absolute Gasteiger partial charge is 0.248 e. The van der Waals surface area contributed by atoms with Crippen LogP contribution < -0.4 is 4.90 Å². The largest absolute Gasteiger partial charge is 0.416 e. The fraction of sp³-hybridized carbons (Fsp3) is 0.0222. The van der Waals surface area contributed by atoms with Crippen molar-refractivity contribution in [3.8, 4) is 112 Å². The molecule has 2 aromatic heterocycles. The van der Waals surface area contributed by atoms with Gasteiger partial charge in [0.2, 0.25) is 11.8 Å². The van der Waals surface area contributed by atoms with Gasteiger partial charge in [-0.1, -0.05) is 249 Å². The molecule has 2 heterocycles. The van der Waals surface area contributed by atoms with Crippen LogP contribution in [0.15, 0.2) is 338 Å². The first-order valence-corrected chi connectivity index (χ1v) is 32.8. The molecule has 6 nitrogen and oxygen atoms in total. The topological polar surface area (TPSA) is 67.9 Å². The van der Waals surface area contributed by atoms with Crippen LogP contribution in [0, 0.1) is 0 Å². The predicted molar refractivity (Wildman–Crippen MR) is 387 cm³/mol. The Kier molecular flexibility index (Phi) is 11.8. The van der Waals surface area contributed by atoms with Crippen molar-refractivity contribution in [3.05, 3.63) is 378 Å². The van der Waals surface area contributed by atoms with Crippen LogP contribution in [0.3, 0.4) is 0 Å². The molecule has 96 heavy (non-hydrogen) atoms. The first-order valence-electron chi connectivity index (χ1n) is 32.8. The second-order valence-electron chi connectivity index (χ2n) is 25.5. The van der Waals surface area contributed by atoms with Gasteiger partial charge in [-0.3, -0.25) is 0 Å². The van der Waals surface area contributed by atoms with Crippen LogP contribution in [0.25, 0.3) is 123 Å². The summed E-state index contributed by atoms with van der Waals surface area (Å²) >= 11 is 0. The summed E-state index contributed by atoms with van der Waals surface area (Å²) in [6.45, 7) is 0. The molecule has 0 bridgehead atoms. The van der Waals surface area contributed by atoms with Gasteiger partial charge in [0.15, 0.2) is 0 Å². The van der Waals surface area contributed by atoms with Crippen molar-refractivity contribution in [2.24, 2.45) is 0 Å². The summed E-state index contributed by atoms with van der Waals surface area (Å²) < 4.78 is 6.18. The van der Waals surface area contributed by atoms with Gasteiger partial charge in [0.25, 0.3) is 0 Å². The van der Waals surface area contributed by atoms with Crippen molar-refractivity contribution in [2.75, 3.05) is 4.90 Å². The van der Waals surface area contributed by atoms with E-state index in [0.717, 1.165) is 84.0 Å². The molecule has 4 aliphatic carbocycles. The predicted octanol–water partition coefficient (Wildman–Crippen LogP) is 22.2. The molecule has 2 spiro atoms. The van der Waals surface area contributed by atoms with Gasteiger partial charge in [-0.05, 0) is 196 Å². The molecule has 0 aliphatic heterocycles. The second-order valence-corrected chi connectivity index (χ2v) is 25.5. The van der Waals surface area contributed by atoms with Crippen molar-refractivity contribution < 1.29 is 4.42 Å². The van der Waals surface area contributed by atoms with Gasteiger partial charge >= 0.3 is 0 Å². The summed E-state index contributed by atoms with van der Waals surface area (Å²) in [5.41, 5.74) is 33.7. The van der Waals surface area contributed by atoms with Crippen molar-refractivity contribution in [1.29, 1.82) is 0 Å². The van der Waals surface area contributed by atoms with E-state index in [9.17, 15) is 0 Å². The molecule has 0 unspecified atom stereocenters. The zero-order valence-electron chi connectivity index (χ0n) is 51.9. The Morgan fingerprint density at radius 2 is 0.500 bits per heavy atom. The zero-order chi connectivity index (χ0) is 63.1. The molecule has 0 radical (unpaired) electrons. The van der Waals surface area contributed by atoms with E-state index in [-0.39, 0.29) is 0 Å². The van der Waals surface area contributed by atoms with Gasteiger partial charge in [0.1, 0.15) is 0 Å². The van der Waals surface area contributed by atoms with Crippen molar-refractivity contribution in [3.63, 3.8) is 0 Å². The Labute approximate surface area is 555 Å². The molecular weight excluding hydrogens is 1170 g/mol. The lowest BCUT2D eigenvalue weighted by Gasteiger charge is -2.31. The molecule has 6 heteroatoms. The van der Waals surface area contributed by atoms with Gasteiger partial charge in [0.05, 0.1) is 33.3 Å². The van der Waals surface area contributed by atoms with Gasteiger partial charge in [-0.2, -0.15) is 0 Å². The summed E-state index contributed by atoms with van der Waals surface area (Å²) in [5.74, 6) is 0.944. The molecular formula is C90H55N5O. The van der Waals surface area contributed by atoms with E-state index < -0.39 is 10.8 Å². The number of para-hydroxylation sites is 1. The molecule has 0 saturated heterocycles. The minimum atomic E-state index is -0.535. The van der Waals surface area contributed by atoms with Gasteiger partial charge in [-0.15, -0.1) is 10.2 Å². The number of fused-ring (bicyclic) bond motifs is 21. The first-order chi connectivity index (χ1) is 47.6. The molecule has 0 saturated carbocycles. The van der Waals surface area contributed by atoms with E-state index in [1.54, 1.807) is 0 Å². The van der Waals surface area contributed by atoms with Crippen molar-refractivity contribution in [2.45, 2.75) is 10.8 Å². The molecule has 0 fully saturated rings. The lowest BCUT2D eigenvalue weighted by Crippen LogP contribution is -2.25. The third kappa shape index (κ3) is 7.75. The lowest BCUT2D eigenvalue weighted by molar-refractivity contribution is 0.584. The number of nitrogens with zero attached hydrogens (tertiary/aromatic N) is 5. The maximum atomic E-state index is 6.18. The van der Waals surface area contributed by atoms with E-state index >= 15 is 0 Å². The molecule has 0 N–H and O–H groups in total. The monoisotopic (exact) mass is 1220 g/mol. The Hall–Kier alpha value is -12.6. The van der Waals surface area contributed by atoms with Crippen molar-refractivity contribution >= 4 is 28.1 Å². The number of rotatable bonds is 9. The van der Waals surface area contributed by atoms with Crippen LogP contribution >= 0.6 is 0 Å². The quantitative estimate of drug-likeness (QED) is 0.143. The van der Waals surface area contributed by atoms with Crippen LogP contribution in [0.2, 0.25) is 0 Å². The highest BCUT2D eigenvalue weighted by Crippen LogP contribution is 2.65. The Balaban J connectivity index is 0.782. The fourth-order valence-electron chi connectivity index (χ4n) is 16.7. The molecule has 0 atom stereocenters. The van der Waals surface area contributed by atoms with Crippen LogP contribution in [0.1, 0.15) is 44.5 Å². The fourth-order valence-corrected chi connectivity index (χ4v) is 16.7. The van der Waals surface area contributed by atoms with E-state index in [1.807, 2.05) is 48.5 Å². The van der Waals surface area contributed by atoms with Gasteiger partial charge in [-0.25, -0.2) is 9.97 Å². The number of hydrogen-bond acceptors (Lipinski definition) is 6. The Morgan fingerprint density at radius 3 is 0.885 bits per heavy atom. The maximum absolute atomic E-state index is 6.18. The van der Waals surface area contributed by atoms with E-state index in [0.29, 0.717) is 11.8 Å². The van der Waals surface area contributed by atoms with Crippen LogP contribution in [-0.4, -0.2) is 20.2 Å². The van der Waals surface area contributed by atoms with E-state index in [1.165, 1.54) is 89.0 Å². The molecule has 14 aromatic carbocycles. The zero-order valence-corrected chi connectivity index (χ0v) is 51.9.